The van der Waals surface area contributed by atoms with Crippen LogP contribution in [0.4, 0.5) is 5.69 Å². The van der Waals surface area contributed by atoms with Crippen molar-refractivity contribution in [2.75, 3.05) is 4.90 Å². The minimum absolute atomic E-state index is 0.251. The van der Waals surface area contributed by atoms with E-state index in [1.165, 1.54) is 6.42 Å². The summed E-state index contributed by atoms with van der Waals surface area (Å²) >= 11 is 0. The van der Waals surface area contributed by atoms with Gasteiger partial charge in [-0.25, -0.2) is 4.99 Å². The predicted octanol–water partition coefficient (Wildman–Crippen LogP) is 3.34. The molecule has 0 aromatic heterocycles. The number of hydrogen-bond donors (Lipinski definition) is 2. The van der Waals surface area contributed by atoms with Crippen LogP contribution in [0.1, 0.15) is 37.7 Å². The normalized spacial score (nSPS) is 18.6. The van der Waals surface area contributed by atoms with E-state index in [2.05, 4.69) is 22.0 Å². The van der Waals surface area contributed by atoms with Crippen LogP contribution in [0.3, 0.4) is 0 Å². The number of aliphatic imine (C=N–C) groups is 2. The molecule has 4 N–H and O–H groups in total. The Morgan fingerprint density at radius 3 is 2.37 bits per heavy atom. The second-order valence-electron chi connectivity index (χ2n) is 7.02. The molecule has 2 aliphatic rings. The van der Waals surface area contributed by atoms with E-state index in [1.807, 2.05) is 42.5 Å². The lowest BCUT2D eigenvalue weighted by atomic mass is 9.86. The molecule has 1 aliphatic heterocycles. The molecule has 4 rings (SSSR count). The average molecular weight is 358 g/mol. The van der Waals surface area contributed by atoms with Crippen molar-refractivity contribution in [3.8, 4) is 17.2 Å². The Kier molecular flexibility index (Phi) is 4.28. The van der Waals surface area contributed by atoms with Crippen molar-refractivity contribution in [1.29, 1.82) is 5.26 Å². The largest absolute Gasteiger partial charge is 0.369 e. The molecule has 6 nitrogen and oxygen atoms in total. The van der Waals surface area contributed by atoms with Gasteiger partial charge in [0.15, 0.2) is 0 Å². The van der Waals surface area contributed by atoms with Crippen molar-refractivity contribution < 1.29 is 0 Å². The highest BCUT2D eigenvalue weighted by Gasteiger charge is 2.43. The van der Waals surface area contributed by atoms with Gasteiger partial charge in [-0.05, 0) is 49.4 Å². The number of guanidine groups is 2. The quantitative estimate of drug-likeness (QED) is 0.859. The van der Waals surface area contributed by atoms with Crippen molar-refractivity contribution in [2.24, 2.45) is 21.5 Å². The Morgan fingerprint density at radius 2 is 1.67 bits per heavy atom. The maximum Gasteiger partial charge on any atom is 0.220 e. The summed E-state index contributed by atoms with van der Waals surface area (Å²) in [6, 6.07) is 17.8. The minimum atomic E-state index is -0.475. The summed E-state index contributed by atoms with van der Waals surface area (Å²) in [7, 11) is 0. The highest BCUT2D eigenvalue weighted by molar-refractivity contribution is 6.07. The lowest BCUT2D eigenvalue weighted by molar-refractivity contribution is 0.305. The number of anilines is 1. The second-order valence-corrected chi connectivity index (χ2v) is 7.02. The second kappa shape index (κ2) is 6.76. The summed E-state index contributed by atoms with van der Waals surface area (Å²) in [6.45, 7) is 0. The molecule has 6 heteroatoms. The van der Waals surface area contributed by atoms with Gasteiger partial charge in [0, 0.05) is 5.56 Å². The van der Waals surface area contributed by atoms with Gasteiger partial charge in [0.05, 0.1) is 17.3 Å². The third kappa shape index (κ3) is 3.02. The average Bonchev–Trinajstić information content (AvgIpc) is 2.68. The standard InChI is InChI=1S/C21H22N6/c22-14-15-8-10-16(11-9-15)17-6-2-3-7-18(17)27-20(24)25-19(23)26-21(27)12-4-1-5-13-21/h2-3,6-11H,1,4-5,12-13H2,(H4,23,24,25,26). The van der Waals surface area contributed by atoms with Gasteiger partial charge >= 0.3 is 0 Å². The molecule has 1 spiro atoms. The van der Waals surface area contributed by atoms with E-state index in [4.69, 9.17) is 21.7 Å². The number of hydrogen-bond acceptors (Lipinski definition) is 6. The third-order valence-corrected chi connectivity index (χ3v) is 5.32. The van der Waals surface area contributed by atoms with Crippen molar-refractivity contribution in [3.05, 3.63) is 54.1 Å². The molecule has 1 heterocycles. The number of rotatable bonds is 2. The number of nitrogens with two attached hydrogens (primary N) is 2. The molecule has 2 aromatic carbocycles. The number of para-hydroxylation sites is 1. The van der Waals surface area contributed by atoms with Gasteiger partial charge in [-0.3, -0.25) is 4.90 Å². The van der Waals surface area contributed by atoms with Crippen LogP contribution < -0.4 is 16.4 Å². The van der Waals surface area contributed by atoms with Crippen molar-refractivity contribution in [1.82, 2.24) is 0 Å². The van der Waals surface area contributed by atoms with Crippen LogP contribution in [0.15, 0.2) is 58.5 Å². The minimum Gasteiger partial charge on any atom is -0.369 e. The number of nitrogens with zero attached hydrogens (tertiary/aromatic N) is 4. The summed E-state index contributed by atoms with van der Waals surface area (Å²) in [6.07, 6.45) is 5.15. The van der Waals surface area contributed by atoms with Crippen LogP contribution >= 0.6 is 0 Å². The number of nitriles is 1. The first-order valence-corrected chi connectivity index (χ1v) is 9.22. The summed E-state index contributed by atoms with van der Waals surface area (Å²) in [4.78, 5) is 11.1. The van der Waals surface area contributed by atoms with Crippen LogP contribution in [0.2, 0.25) is 0 Å². The summed E-state index contributed by atoms with van der Waals surface area (Å²) in [5.41, 5.74) is 15.5. The molecule has 1 saturated carbocycles. The van der Waals surface area contributed by atoms with E-state index in [0.717, 1.165) is 42.5 Å². The maximum atomic E-state index is 9.07. The SMILES string of the molecule is N#Cc1ccc(-c2ccccc2N2C(N)=NC(N)=NC23CCCCC3)cc1. The topological polar surface area (TPSA) is 104 Å². The Bertz CT molecular complexity index is 945. The lowest BCUT2D eigenvalue weighted by Gasteiger charge is -2.46. The van der Waals surface area contributed by atoms with E-state index >= 15 is 0 Å². The zero-order valence-corrected chi connectivity index (χ0v) is 15.1. The Labute approximate surface area is 158 Å². The monoisotopic (exact) mass is 358 g/mol. The molecule has 0 saturated heterocycles. The molecule has 2 aromatic rings. The van der Waals surface area contributed by atoms with Crippen LogP contribution in [0, 0.1) is 11.3 Å². The molecule has 0 bridgehead atoms. The molecule has 0 unspecified atom stereocenters. The summed E-state index contributed by atoms with van der Waals surface area (Å²) in [5.74, 6) is 0.631. The van der Waals surface area contributed by atoms with Crippen molar-refractivity contribution in [3.63, 3.8) is 0 Å². The van der Waals surface area contributed by atoms with Crippen molar-refractivity contribution >= 4 is 17.6 Å². The van der Waals surface area contributed by atoms with Gasteiger partial charge in [0.25, 0.3) is 0 Å². The predicted molar refractivity (Wildman–Crippen MR) is 108 cm³/mol. The Hall–Kier alpha value is -3.33. The van der Waals surface area contributed by atoms with E-state index < -0.39 is 5.66 Å². The van der Waals surface area contributed by atoms with Crippen LogP contribution in [-0.4, -0.2) is 17.6 Å². The van der Waals surface area contributed by atoms with Gasteiger partial charge in [0.1, 0.15) is 5.66 Å². The molecular weight excluding hydrogens is 336 g/mol. The Morgan fingerprint density at radius 1 is 0.963 bits per heavy atom. The third-order valence-electron chi connectivity index (χ3n) is 5.32. The van der Waals surface area contributed by atoms with Gasteiger partial charge in [-0.2, -0.15) is 10.3 Å². The zero-order valence-electron chi connectivity index (χ0n) is 15.1. The fraction of sp³-hybridized carbons (Fsp3) is 0.286. The summed E-state index contributed by atoms with van der Waals surface area (Å²) in [5, 5.41) is 9.07. The first kappa shape index (κ1) is 17.1. The summed E-state index contributed by atoms with van der Waals surface area (Å²) < 4.78 is 0. The van der Waals surface area contributed by atoms with Crippen LogP contribution in [0.25, 0.3) is 11.1 Å². The first-order valence-electron chi connectivity index (χ1n) is 9.22. The number of benzene rings is 2. The Balaban J connectivity index is 1.84. The molecule has 27 heavy (non-hydrogen) atoms. The van der Waals surface area contributed by atoms with Gasteiger partial charge in [-0.15, -0.1) is 0 Å². The highest BCUT2D eigenvalue weighted by Crippen LogP contribution is 2.42. The van der Waals surface area contributed by atoms with Gasteiger partial charge < -0.3 is 11.5 Å². The molecule has 136 valence electrons. The lowest BCUT2D eigenvalue weighted by Crippen LogP contribution is -2.58. The van der Waals surface area contributed by atoms with Crippen molar-refractivity contribution in [2.45, 2.75) is 37.8 Å². The molecular formula is C21H22N6. The van der Waals surface area contributed by atoms with Gasteiger partial charge in [0.2, 0.25) is 11.9 Å². The highest BCUT2D eigenvalue weighted by atomic mass is 15.4. The smallest absolute Gasteiger partial charge is 0.220 e. The molecule has 1 fully saturated rings. The maximum absolute atomic E-state index is 9.07. The van der Waals surface area contributed by atoms with E-state index in [-0.39, 0.29) is 5.96 Å². The zero-order chi connectivity index (χ0) is 18.9. The fourth-order valence-corrected chi connectivity index (χ4v) is 4.11. The first-order chi connectivity index (χ1) is 13.1. The van der Waals surface area contributed by atoms with E-state index in [1.54, 1.807) is 0 Å². The van der Waals surface area contributed by atoms with E-state index in [0.29, 0.717) is 11.5 Å². The van der Waals surface area contributed by atoms with E-state index in [9.17, 15) is 0 Å². The molecule has 0 atom stereocenters. The molecule has 0 radical (unpaired) electrons. The molecule has 0 amide bonds. The molecule has 1 aliphatic carbocycles. The van der Waals surface area contributed by atoms with Crippen LogP contribution in [0.5, 0.6) is 0 Å². The van der Waals surface area contributed by atoms with Crippen LogP contribution in [-0.2, 0) is 0 Å². The fourth-order valence-electron chi connectivity index (χ4n) is 4.11. The van der Waals surface area contributed by atoms with Gasteiger partial charge in [-0.1, -0.05) is 36.8 Å².